The smallest absolute Gasteiger partial charge is 0.217 e. The van der Waals surface area contributed by atoms with E-state index in [9.17, 15) is 9.90 Å². The van der Waals surface area contributed by atoms with Crippen LogP contribution >= 0.6 is 0 Å². The third kappa shape index (κ3) is 3.63. The fourth-order valence-electron chi connectivity index (χ4n) is 4.04. The molecule has 20 heavy (non-hydrogen) atoms. The number of rotatable bonds is 8. The van der Waals surface area contributed by atoms with Gasteiger partial charge in [-0.2, -0.15) is 0 Å². The van der Waals surface area contributed by atoms with Gasteiger partial charge in [-0.25, -0.2) is 0 Å². The van der Waals surface area contributed by atoms with E-state index in [1.54, 1.807) is 0 Å². The van der Waals surface area contributed by atoms with Gasteiger partial charge in [0.1, 0.15) is 0 Å². The van der Waals surface area contributed by atoms with Crippen LogP contribution in [0.4, 0.5) is 0 Å². The number of nitrogens with one attached hydrogen (secondary N) is 1. The molecule has 0 aromatic carbocycles. The van der Waals surface area contributed by atoms with Gasteiger partial charge in [0.05, 0.1) is 12.1 Å². The molecule has 0 heterocycles. The molecule has 1 aliphatic carbocycles. The summed E-state index contributed by atoms with van der Waals surface area (Å²) in [7, 11) is 0. The Morgan fingerprint density at radius 2 is 2.15 bits per heavy atom. The number of unbranched alkanes of at least 4 members (excludes halogenated alkanes) is 2. The molecule has 0 aromatic heterocycles. The second-order valence-electron chi connectivity index (χ2n) is 6.52. The molecule has 0 spiro atoms. The summed E-state index contributed by atoms with van der Waals surface area (Å²) in [6, 6.07) is 0. The third-order valence-electron chi connectivity index (χ3n) is 5.10. The number of allylic oxidation sites excluding steroid dienone is 1. The Balaban J connectivity index is 2.92. The van der Waals surface area contributed by atoms with Gasteiger partial charge in [-0.15, -0.1) is 6.58 Å². The Kier molecular flexibility index (Phi) is 6.25. The lowest BCUT2D eigenvalue weighted by Crippen LogP contribution is -2.49. The summed E-state index contributed by atoms with van der Waals surface area (Å²) in [5, 5.41) is 12.8. The van der Waals surface area contributed by atoms with E-state index >= 15 is 0 Å². The van der Waals surface area contributed by atoms with Crippen LogP contribution in [-0.4, -0.2) is 23.2 Å². The van der Waals surface area contributed by atoms with Crippen molar-refractivity contribution in [2.24, 2.45) is 11.3 Å². The second kappa shape index (κ2) is 7.26. The van der Waals surface area contributed by atoms with Gasteiger partial charge in [-0.3, -0.25) is 4.79 Å². The molecule has 0 unspecified atom stereocenters. The molecule has 3 atom stereocenters. The van der Waals surface area contributed by atoms with Gasteiger partial charge in [0, 0.05) is 6.92 Å². The highest BCUT2D eigenvalue weighted by atomic mass is 16.3. The lowest BCUT2D eigenvalue weighted by atomic mass is 9.71. The Morgan fingerprint density at radius 3 is 2.60 bits per heavy atom. The van der Waals surface area contributed by atoms with Crippen molar-refractivity contribution in [2.75, 3.05) is 6.61 Å². The molecule has 1 rings (SSSR count). The quantitative estimate of drug-likeness (QED) is 0.529. The molecule has 0 bridgehead atoms. The Hall–Kier alpha value is -0.830. The zero-order chi connectivity index (χ0) is 15.2. The molecular weight excluding hydrogens is 250 g/mol. The number of hydrogen-bond donors (Lipinski definition) is 2. The van der Waals surface area contributed by atoms with Crippen LogP contribution in [0.25, 0.3) is 0 Å². The molecule has 2 N–H and O–H groups in total. The topological polar surface area (TPSA) is 49.3 Å². The van der Waals surface area contributed by atoms with Gasteiger partial charge in [0.2, 0.25) is 5.91 Å². The molecule has 0 aliphatic heterocycles. The molecule has 0 aromatic rings. The largest absolute Gasteiger partial charge is 0.394 e. The predicted molar refractivity (Wildman–Crippen MR) is 83.4 cm³/mol. The maximum atomic E-state index is 11.5. The standard InChI is InChI=1S/C17H31NO2/c1-5-8-9-10-16(7-3)12-17(13-19,18-14(4)20)11-15(16)6-2/h6,15,19H,2,5,7-13H2,1,3-4H3,(H,18,20)/t15-,16-,17+/m1/s1. The lowest BCUT2D eigenvalue weighted by molar-refractivity contribution is -0.121. The number of hydrogen-bond acceptors (Lipinski definition) is 2. The highest BCUT2D eigenvalue weighted by Crippen LogP contribution is 2.54. The minimum atomic E-state index is -0.451. The second-order valence-corrected chi connectivity index (χ2v) is 6.52. The van der Waals surface area contributed by atoms with Gasteiger partial charge < -0.3 is 10.4 Å². The number of aliphatic hydroxyl groups excluding tert-OH is 1. The van der Waals surface area contributed by atoms with Crippen LogP contribution in [0.1, 0.15) is 65.7 Å². The van der Waals surface area contributed by atoms with Gasteiger partial charge in [-0.1, -0.05) is 39.2 Å². The maximum Gasteiger partial charge on any atom is 0.217 e. The SMILES string of the molecule is C=C[C@@H]1C[C@](CO)(NC(C)=O)C[C@@]1(CC)CCCCC. The molecule has 1 saturated carbocycles. The first-order chi connectivity index (χ1) is 9.47. The van der Waals surface area contributed by atoms with Crippen molar-refractivity contribution in [3.05, 3.63) is 12.7 Å². The van der Waals surface area contributed by atoms with Gasteiger partial charge >= 0.3 is 0 Å². The van der Waals surface area contributed by atoms with Crippen LogP contribution in [0.3, 0.4) is 0 Å². The van der Waals surface area contributed by atoms with Crippen LogP contribution in [0.5, 0.6) is 0 Å². The van der Waals surface area contributed by atoms with Crippen molar-refractivity contribution < 1.29 is 9.90 Å². The Bertz CT molecular complexity index is 342. The lowest BCUT2D eigenvalue weighted by Gasteiger charge is -2.35. The van der Waals surface area contributed by atoms with Crippen LogP contribution in [0.15, 0.2) is 12.7 Å². The van der Waals surface area contributed by atoms with Crippen molar-refractivity contribution in [1.82, 2.24) is 5.32 Å². The van der Waals surface area contributed by atoms with Crippen molar-refractivity contribution >= 4 is 5.91 Å². The van der Waals surface area contributed by atoms with Crippen molar-refractivity contribution in [3.63, 3.8) is 0 Å². The van der Waals surface area contributed by atoms with E-state index in [1.807, 2.05) is 6.08 Å². The minimum Gasteiger partial charge on any atom is -0.394 e. The van der Waals surface area contributed by atoms with Crippen LogP contribution < -0.4 is 5.32 Å². The summed E-state index contributed by atoms with van der Waals surface area (Å²) in [5.74, 6) is 0.325. The van der Waals surface area contributed by atoms with Gasteiger partial charge in [0.15, 0.2) is 0 Å². The average molecular weight is 281 g/mol. The number of amides is 1. The fraction of sp³-hybridized carbons (Fsp3) is 0.824. The number of aliphatic hydroxyl groups is 1. The number of carbonyl (C=O) groups is 1. The van der Waals surface area contributed by atoms with E-state index in [-0.39, 0.29) is 17.9 Å². The van der Waals surface area contributed by atoms with Crippen LogP contribution in [0, 0.1) is 11.3 Å². The highest BCUT2D eigenvalue weighted by Gasteiger charge is 2.52. The first-order valence-corrected chi connectivity index (χ1v) is 7.99. The van der Waals surface area contributed by atoms with E-state index in [0.717, 1.165) is 25.7 Å². The molecule has 1 fully saturated rings. The summed E-state index contributed by atoms with van der Waals surface area (Å²) < 4.78 is 0. The molecule has 1 aliphatic rings. The summed E-state index contributed by atoms with van der Waals surface area (Å²) in [6.45, 7) is 9.99. The zero-order valence-corrected chi connectivity index (χ0v) is 13.4. The van der Waals surface area contributed by atoms with Crippen LogP contribution in [0.2, 0.25) is 0 Å². The number of carbonyl (C=O) groups excluding carboxylic acids is 1. The third-order valence-corrected chi connectivity index (χ3v) is 5.10. The Labute approximate surface area is 123 Å². The molecule has 116 valence electrons. The molecule has 3 nitrogen and oxygen atoms in total. The predicted octanol–water partition coefficient (Wildman–Crippen LogP) is 3.43. The van der Waals surface area contributed by atoms with Gasteiger partial charge in [0.25, 0.3) is 0 Å². The maximum absolute atomic E-state index is 11.5. The molecule has 3 heteroatoms. The normalized spacial score (nSPS) is 33.1. The van der Waals surface area contributed by atoms with Crippen molar-refractivity contribution in [2.45, 2.75) is 71.3 Å². The summed E-state index contributed by atoms with van der Waals surface area (Å²) >= 11 is 0. The van der Waals surface area contributed by atoms with Gasteiger partial charge in [-0.05, 0) is 37.0 Å². The van der Waals surface area contributed by atoms with Crippen molar-refractivity contribution in [1.29, 1.82) is 0 Å². The summed E-state index contributed by atoms with van der Waals surface area (Å²) in [6.07, 6.45) is 9.64. The van der Waals surface area contributed by atoms with Crippen LogP contribution in [-0.2, 0) is 4.79 Å². The molecular formula is C17H31NO2. The van der Waals surface area contributed by atoms with E-state index < -0.39 is 5.54 Å². The minimum absolute atomic E-state index is 0.0203. The first-order valence-electron chi connectivity index (χ1n) is 7.99. The molecule has 1 amide bonds. The van der Waals surface area contributed by atoms with E-state index in [4.69, 9.17) is 0 Å². The molecule has 0 radical (unpaired) electrons. The summed E-state index contributed by atoms with van der Waals surface area (Å²) in [5.41, 5.74) is -0.269. The molecule has 0 saturated heterocycles. The highest BCUT2D eigenvalue weighted by molar-refractivity contribution is 5.74. The van der Waals surface area contributed by atoms with E-state index in [1.165, 1.54) is 26.2 Å². The van der Waals surface area contributed by atoms with E-state index in [0.29, 0.717) is 5.92 Å². The van der Waals surface area contributed by atoms with E-state index in [2.05, 4.69) is 25.7 Å². The fourth-order valence-corrected chi connectivity index (χ4v) is 4.04. The van der Waals surface area contributed by atoms with Crippen molar-refractivity contribution in [3.8, 4) is 0 Å². The zero-order valence-electron chi connectivity index (χ0n) is 13.4. The summed E-state index contributed by atoms with van der Waals surface area (Å²) in [4.78, 5) is 11.5. The first kappa shape index (κ1) is 17.2. The average Bonchev–Trinajstić information content (AvgIpc) is 2.73. The monoisotopic (exact) mass is 281 g/mol. The Morgan fingerprint density at radius 1 is 1.45 bits per heavy atom.